The molecule has 2 amide bonds. The lowest BCUT2D eigenvalue weighted by molar-refractivity contribution is 0.0558. The number of nitrogens with zero attached hydrogens (tertiary/aromatic N) is 5. The van der Waals surface area contributed by atoms with Crippen molar-refractivity contribution in [1.82, 2.24) is 15.1 Å². The van der Waals surface area contributed by atoms with E-state index in [4.69, 9.17) is 9.47 Å². The second-order valence-corrected chi connectivity index (χ2v) is 11.7. The maximum atomic E-state index is 15.3. The van der Waals surface area contributed by atoms with Crippen molar-refractivity contribution in [1.29, 1.82) is 0 Å². The van der Waals surface area contributed by atoms with Gasteiger partial charge in [0.25, 0.3) is 0 Å². The summed E-state index contributed by atoms with van der Waals surface area (Å²) >= 11 is 1.13. The van der Waals surface area contributed by atoms with Crippen LogP contribution in [0.15, 0.2) is 54.1 Å². The van der Waals surface area contributed by atoms with Gasteiger partial charge in [-0.3, -0.25) is 9.80 Å². The largest absolute Gasteiger partial charge is 0.443 e. The second-order valence-electron chi connectivity index (χ2n) is 10.9. The van der Waals surface area contributed by atoms with Gasteiger partial charge in [-0.25, -0.2) is 23.3 Å². The summed E-state index contributed by atoms with van der Waals surface area (Å²) in [5.41, 5.74) is 2.45. The number of cyclic esters (lactones) is 1. The number of amides is 2. The SMILES string of the molecule is CC(C)(C)OC(=O)N(C[C@H]1CN(c2cc(F)c(C3=CCN(Cc4ccccc4)CC3)c(F)c2)C(=O)O1)c1nncs1. The van der Waals surface area contributed by atoms with Crippen molar-refractivity contribution in [3.05, 3.63) is 76.8 Å². The van der Waals surface area contributed by atoms with E-state index >= 15 is 8.78 Å². The van der Waals surface area contributed by atoms with E-state index in [0.717, 1.165) is 34.9 Å². The summed E-state index contributed by atoms with van der Waals surface area (Å²) in [6.45, 7) is 7.12. The molecule has 216 valence electrons. The number of anilines is 2. The van der Waals surface area contributed by atoms with Crippen LogP contribution in [-0.4, -0.2) is 65.2 Å². The van der Waals surface area contributed by atoms with Gasteiger partial charge in [-0.1, -0.05) is 47.7 Å². The van der Waals surface area contributed by atoms with Crippen molar-refractivity contribution < 1.29 is 27.8 Å². The summed E-state index contributed by atoms with van der Waals surface area (Å²) in [6.07, 6.45) is 0.123. The minimum atomic E-state index is -0.790. The van der Waals surface area contributed by atoms with Gasteiger partial charge < -0.3 is 9.47 Å². The molecular weight excluding hydrogens is 552 g/mol. The molecule has 3 aromatic rings. The summed E-state index contributed by atoms with van der Waals surface area (Å²) < 4.78 is 41.6. The Kier molecular flexibility index (Phi) is 8.32. The normalized spacial score (nSPS) is 17.8. The highest BCUT2D eigenvalue weighted by atomic mass is 32.1. The van der Waals surface area contributed by atoms with E-state index in [1.54, 1.807) is 20.8 Å². The summed E-state index contributed by atoms with van der Waals surface area (Å²) in [4.78, 5) is 30.2. The van der Waals surface area contributed by atoms with Gasteiger partial charge in [0.1, 0.15) is 28.8 Å². The fourth-order valence-electron chi connectivity index (χ4n) is 4.81. The van der Waals surface area contributed by atoms with E-state index in [0.29, 0.717) is 25.1 Å². The first kappa shape index (κ1) is 28.6. The number of hydrogen-bond donors (Lipinski definition) is 0. The van der Waals surface area contributed by atoms with Crippen LogP contribution >= 0.6 is 11.3 Å². The molecule has 0 aliphatic carbocycles. The van der Waals surface area contributed by atoms with Crippen molar-refractivity contribution >= 4 is 39.9 Å². The van der Waals surface area contributed by atoms with E-state index in [-0.39, 0.29) is 29.5 Å². The molecule has 3 heterocycles. The molecule has 1 aromatic heterocycles. The van der Waals surface area contributed by atoms with Gasteiger partial charge in [0.05, 0.1) is 18.8 Å². The molecule has 5 rings (SSSR count). The molecular formula is C29H31F2N5O4S. The van der Waals surface area contributed by atoms with E-state index < -0.39 is 35.5 Å². The summed E-state index contributed by atoms with van der Waals surface area (Å²) in [6, 6.07) is 12.3. The van der Waals surface area contributed by atoms with Gasteiger partial charge in [0.2, 0.25) is 5.13 Å². The maximum Gasteiger partial charge on any atom is 0.416 e. The zero-order valence-electron chi connectivity index (χ0n) is 23.0. The van der Waals surface area contributed by atoms with E-state index in [2.05, 4.69) is 27.2 Å². The van der Waals surface area contributed by atoms with Crippen LogP contribution in [0.25, 0.3) is 5.57 Å². The lowest BCUT2D eigenvalue weighted by atomic mass is 9.97. The van der Waals surface area contributed by atoms with Crippen molar-refractivity contribution in [2.75, 3.05) is 36.0 Å². The minimum absolute atomic E-state index is 0.0215. The second kappa shape index (κ2) is 11.9. The van der Waals surface area contributed by atoms with Gasteiger partial charge in [-0.15, -0.1) is 10.2 Å². The number of hydrogen-bond acceptors (Lipinski definition) is 8. The van der Waals surface area contributed by atoms with Gasteiger partial charge in [-0.05, 0) is 50.5 Å². The van der Waals surface area contributed by atoms with E-state index in [1.165, 1.54) is 16.0 Å². The predicted molar refractivity (Wildman–Crippen MR) is 152 cm³/mol. The Balaban J connectivity index is 1.27. The van der Waals surface area contributed by atoms with Gasteiger partial charge in [0, 0.05) is 25.2 Å². The minimum Gasteiger partial charge on any atom is -0.443 e. The average Bonchev–Trinajstić information content (AvgIpc) is 3.57. The number of ether oxygens (including phenoxy) is 2. The average molecular weight is 584 g/mol. The monoisotopic (exact) mass is 583 g/mol. The summed E-state index contributed by atoms with van der Waals surface area (Å²) in [5, 5.41) is 7.99. The van der Waals surface area contributed by atoms with Crippen LogP contribution in [0.5, 0.6) is 0 Å². The Hall–Kier alpha value is -3.90. The molecule has 0 spiro atoms. The molecule has 0 saturated carbocycles. The quantitative estimate of drug-likeness (QED) is 0.344. The maximum absolute atomic E-state index is 15.3. The standard InChI is InChI=1S/C29H31F2N5O4S/c1-29(2,3)40-28(38)36(26-33-32-18-41-26)17-22-16-35(27(37)39-22)21-13-23(30)25(24(31)14-21)20-9-11-34(12-10-20)15-19-7-5-4-6-8-19/h4-9,13-14,18,22H,10-12,15-17H2,1-3H3/t22-/m1/s1. The Labute approximate surface area is 241 Å². The molecule has 2 aliphatic rings. The number of aromatic nitrogens is 2. The van der Waals surface area contributed by atoms with Crippen molar-refractivity contribution in [2.24, 2.45) is 0 Å². The third kappa shape index (κ3) is 6.88. The predicted octanol–water partition coefficient (Wildman–Crippen LogP) is 5.87. The summed E-state index contributed by atoms with van der Waals surface area (Å²) in [7, 11) is 0. The number of carbonyl (C=O) groups excluding carboxylic acids is 2. The summed E-state index contributed by atoms with van der Waals surface area (Å²) in [5.74, 6) is -1.49. The van der Waals surface area contributed by atoms with E-state index in [1.807, 2.05) is 24.3 Å². The molecule has 2 aliphatic heterocycles. The molecule has 1 saturated heterocycles. The molecule has 0 bridgehead atoms. The Morgan fingerprint density at radius 3 is 2.54 bits per heavy atom. The van der Waals surface area contributed by atoms with Gasteiger partial charge in [0.15, 0.2) is 0 Å². The highest BCUT2D eigenvalue weighted by Crippen LogP contribution is 2.33. The highest BCUT2D eigenvalue weighted by Gasteiger charge is 2.37. The van der Waals surface area contributed by atoms with Crippen LogP contribution in [0.1, 0.15) is 38.3 Å². The number of halogens is 2. The Bertz CT molecular complexity index is 1410. The lowest BCUT2D eigenvalue weighted by Gasteiger charge is -2.27. The molecule has 0 N–H and O–H groups in total. The first-order valence-corrected chi connectivity index (χ1v) is 14.1. The molecule has 9 nitrogen and oxygen atoms in total. The highest BCUT2D eigenvalue weighted by molar-refractivity contribution is 7.13. The van der Waals surface area contributed by atoms with Crippen LogP contribution in [0.3, 0.4) is 0 Å². The molecule has 1 atom stereocenters. The van der Waals surface area contributed by atoms with E-state index in [9.17, 15) is 9.59 Å². The van der Waals surface area contributed by atoms with Gasteiger partial charge >= 0.3 is 12.2 Å². The van der Waals surface area contributed by atoms with Crippen LogP contribution in [0, 0.1) is 11.6 Å². The van der Waals surface area contributed by atoms with Crippen molar-refractivity contribution in [3.63, 3.8) is 0 Å². The van der Waals surface area contributed by atoms with Crippen molar-refractivity contribution in [2.45, 2.75) is 45.4 Å². The number of rotatable bonds is 7. The Morgan fingerprint density at radius 1 is 1.20 bits per heavy atom. The molecule has 0 radical (unpaired) electrons. The molecule has 0 unspecified atom stereocenters. The zero-order valence-corrected chi connectivity index (χ0v) is 23.9. The van der Waals surface area contributed by atoms with Crippen LogP contribution in [0.4, 0.5) is 29.2 Å². The fourth-order valence-corrected chi connectivity index (χ4v) is 5.37. The third-order valence-electron chi connectivity index (χ3n) is 6.66. The van der Waals surface area contributed by atoms with Crippen LogP contribution in [0.2, 0.25) is 0 Å². The number of benzene rings is 2. The van der Waals surface area contributed by atoms with Crippen LogP contribution in [-0.2, 0) is 16.0 Å². The van der Waals surface area contributed by atoms with Crippen LogP contribution < -0.4 is 9.80 Å². The number of carbonyl (C=O) groups is 2. The third-order valence-corrected chi connectivity index (χ3v) is 7.37. The first-order valence-electron chi connectivity index (χ1n) is 13.3. The topological polar surface area (TPSA) is 88.1 Å². The Morgan fingerprint density at radius 2 is 1.93 bits per heavy atom. The molecule has 1 fully saturated rings. The molecule has 2 aromatic carbocycles. The molecule has 12 heteroatoms. The fraction of sp³-hybridized carbons (Fsp3) is 0.379. The van der Waals surface area contributed by atoms with Crippen molar-refractivity contribution in [3.8, 4) is 0 Å². The molecule has 41 heavy (non-hydrogen) atoms. The lowest BCUT2D eigenvalue weighted by Crippen LogP contribution is -2.42. The van der Waals surface area contributed by atoms with Gasteiger partial charge in [-0.2, -0.15) is 0 Å². The first-order chi connectivity index (χ1) is 19.6. The smallest absolute Gasteiger partial charge is 0.416 e. The zero-order chi connectivity index (χ0) is 29.1.